The average molecular weight is 191 g/mol. The lowest BCUT2D eigenvalue weighted by Gasteiger charge is -2.13. The zero-order valence-corrected chi connectivity index (χ0v) is 8.10. The fraction of sp³-hybridized carbons (Fsp3) is 0.400. The SMILES string of the molecule is C#CCC(CC)NC(=O)n1ccnc1. The molecule has 0 aliphatic carbocycles. The number of imidazole rings is 1. The second-order valence-corrected chi connectivity index (χ2v) is 2.93. The topological polar surface area (TPSA) is 46.9 Å². The minimum atomic E-state index is -0.190. The first-order chi connectivity index (χ1) is 6.77. The minimum Gasteiger partial charge on any atom is -0.334 e. The van der Waals surface area contributed by atoms with Crippen molar-refractivity contribution in [1.82, 2.24) is 14.9 Å². The van der Waals surface area contributed by atoms with Crippen molar-refractivity contribution in [2.75, 3.05) is 0 Å². The Balaban J connectivity index is 2.52. The fourth-order valence-electron chi connectivity index (χ4n) is 1.07. The molecule has 1 rings (SSSR count). The molecular formula is C10H13N3O. The quantitative estimate of drug-likeness (QED) is 0.731. The van der Waals surface area contributed by atoms with Gasteiger partial charge in [0.1, 0.15) is 6.33 Å². The normalized spacial score (nSPS) is 11.7. The van der Waals surface area contributed by atoms with Crippen LogP contribution in [-0.2, 0) is 0 Å². The minimum absolute atomic E-state index is 0.0369. The first-order valence-corrected chi connectivity index (χ1v) is 4.50. The van der Waals surface area contributed by atoms with Gasteiger partial charge in [0.15, 0.2) is 0 Å². The van der Waals surface area contributed by atoms with Crippen LogP contribution in [0, 0.1) is 12.3 Å². The number of hydrogen-bond acceptors (Lipinski definition) is 2. The van der Waals surface area contributed by atoms with Gasteiger partial charge in [0, 0.05) is 24.9 Å². The molecule has 4 nitrogen and oxygen atoms in total. The van der Waals surface area contributed by atoms with Crippen molar-refractivity contribution in [2.45, 2.75) is 25.8 Å². The Hall–Kier alpha value is -1.76. The highest BCUT2D eigenvalue weighted by molar-refractivity contribution is 5.76. The molecule has 4 heteroatoms. The van der Waals surface area contributed by atoms with E-state index in [1.807, 2.05) is 6.92 Å². The van der Waals surface area contributed by atoms with Gasteiger partial charge in [0.05, 0.1) is 0 Å². The van der Waals surface area contributed by atoms with Crippen LogP contribution in [0.4, 0.5) is 4.79 Å². The Bertz CT molecular complexity index is 324. The molecule has 1 atom stereocenters. The van der Waals surface area contributed by atoms with Crippen molar-refractivity contribution >= 4 is 6.03 Å². The van der Waals surface area contributed by atoms with E-state index in [-0.39, 0.29) is 12.1 Å². The van der Waals surface area contributed by atoms with Gasteiger partial charge in [-0.15, -0.1) is 12.3 Å². The van der Waals surface area contributed by atoms with Crippen LogP contribution < -0.4 is 5.32 Å². The molecule has 0 saturated heterocycles. The van der Waals surface area contributed by atoms with Crippen LogP contribution in [0.2, 0.25) is 0 Å². The smallest absolute Gasteiger partial charge is 0.327 e. The second kappa shape index (κ2) is 5.07. The Morgan fingerprint density at radius 3 is 3.07 bits per heavy atom. The van der Waals surface area contributed by atoms with Gasteiger partial charge in [0.2, 0.25) is 0 Å². The van der Waals surface area contributed by atoms with Crippen LogP contribution in [0.25, 0.3) is 0 Å². The summed E-state index contributed by atoms with van der Waals surface area (Å²) in [4.78, 5) is 15.3. The molecule has 1 amide bonds. The number of carbonyl (C=O) groups excluding carboxylic acids is 1. The third-order valence-corrected chi connectivity index (χ3v) is 1.92. The molecule has 0 aliphatic heterocycles. The van der Waals surface area contributed by atoms with Gasteiger partial charge in [-0.3, -0.25) is 4.57 Å². The predicted molar refractivity (Wildman–Crippen MR) is 53.7 cm³/mol. The maximum Gasteiger partial charge on any atom is 0.327 e. The van der Waals surface area contributed by atoms with Crippen LogP contribution in [0.1, 0.15) is 19.8 Å². The van der Waals surface area contributed by atoms with Crippen LogP contribution in [0.3, 0.4) is 0 Å². The maximum absolute atomic E-state index is 11.5. The summed E-state index contributed by atoms with van der Waals surface area (Å²) in [6.45, 7) is 1.98. The number of hydrogen-bond donors (Lipinski definition) is 1. The zero-order chi connectivity index (χ0) is 10.4. The van der Waals surface area contributed by atoms with Crippen molar-refractivity contribution in [2.24, 2.45) is 0 Å². The van der Waals surface area contributed by atoms with Crippen molar-refractivity contribution in [1.29, 1.82) is 0 Å². The van der Waals surface area contributed by atoms with E-state index in [1.54, 1.807) is 12.4 Å². The van der Waals surface area contributed by atoms with Crippen molar-refractivity contribution in [3.8, 4) is 12.3 Å². The Labute approximate surface area is 83.3 Å². The fourth-order valence-corrected chi connectivity index (χ4v) is 1.07. The molecule has 14 heavy (non-hydrogen) atoms. The average Bonchev–Trinajstić information content (AvgIpc) is 2.69. The summed E-state index contributed by atoms with van der Waals surface area (Å²) in [6.07, 6.45) is 11.2. The zero-order valence-electron chi connectivity index (χ0n) is 8.10. The van der Waals surface area contributed by atoms with Crippen LogP contribution in [0.15, 0.2) is 18.7 Å². The number of terminal acetylenes is 1. The lowest BCUT2D eigenvalue weighted by Crippen LogP contribution is -2.36. The molecule has 0 fully saturated rings. The largest absolute Gasteiger partial charge is 0.334 e. The number of aromatic nitrogens is 2. The van der Waals surface area contributed by atoms with E-state index in [0.29, 0.717) is 6.42 Å². The summed E-state index contributed by atoms with van der Waals surface area (Å²) in [6, 6.07) is -0.153. The highest BCUT2D eigenvalue weighted by atomic mass is 16.2. The van der Waals surface area contributed by atoms with E-state index in [1.165, 1.54) is 10.9 Å². The van der Waals surface area contributed by atoms with Gasteiger partial charge in [-0.25, -0.2) is 9.78 Å². The van der Waals surface area contributed by atoms with Crippen LogP contribution in [0.5, 0.6) is 0 Å². The van der Waals surface area contributed by atoms with E-state index in [4.69, 9.17) is 6.42 Å². The highest BCUT2D eigenvalue weighted by Gasteiger charge is 2.09. The third-order valence-electron chi connectivity index (χ3n) is 1.92. The third kappa shape index (κ3) is 2.63. The van der Waals surface area contributed by atoms with Gasteiger partial charge in [-0.1, -0.05) is 6.92 Å². The number of rotatable bonds is 3. The molecule has 74 valence electrons. The van der Waals surface area contributed by atoms with E-state index in [9.17, 15) is 4.79 Å². The maximum atomic E-state index is 11.5. The molecule has 1 N–H and O–H groups in total. The van der Waals surface area contributed by atoms with Gasteiger partial charge in [0.25, 0.3) is 0 Å². The standard InChI is InChI=1S/C10H13N3O/c1-3-5-9(4-2)12-10(14)13-7-6-11-8-13/h1,6-9H,4-5H2,2H3,(H,12,14). The van der Waals surface area contributed by atoms with Crippen LogP contribution in [-0.4, -0.2) is 21.6 Å². The molecule has 0 saturated carbocycles. The Morgan fingerprint density at radius 1 is 1.79 bits per heavy atom. The number of nitrogens with zero attached hydrogens (tertiary/aromatic N) is 2. The predicted octanol–water partition coefficient (Wildman–Crippen LogP) is 1.24. The molecule has 1 unspecified atom stereocenters. The summed E-state index contributed by atoms with van der Waals surface area (Å²) in [5.41, 5.74) is 0. The highest BCUT2D eigenvalue weighted by Crippen LogP contribution is 1.97. The molecule has 0 radical (unpaired) electrons. The Kier molecular flexibility index (Phi) is 3.74. The molecule has 1 aromatic heterocycles. The summed E-state index contributed by atoms with van der Waals surface area (Å²) in [5.74, 6) is 2.53. The van der Waals surface area contributed by atoms with E-state index >= 15 is 0 Å². The number of amides is 1. The van der Waals surface area contributed by atoms with Gasteiger partial charge in [-0.2, -0.15) is 0 Å². The van der Waals surface area contributed by atoms with Crippen LogP contribution >= 0.6 is 0 Å². The summed E-state index contributed by atoms with van der Waals surface area (Å²) < 4.78 is 1.39. The van der Waals surface area contributed by atoms with Crippen molar-refractivity contribution in [3.63, 3.8) is 0 Å². The first kappa shape index (κ1) is 10.3. The van der Waals surface area contributed by atoms with E-state index in [2.05, 4.69) is 16.2 Å². The summed E-state index contributed by atoms with van der Waals surface area (Å²) in [5, 5.41) is 2.81. The first-order valence-electron chi connectivity index (χ1n) is 4.50. The second-order valence-electron chi connectivity index (χ2n) is 2.93. The summed E-state index contributed by atoms with van der Waals surface area (Å²) in [7, 11) is 0. The number of carbonyl (C=O) groups is 1. The molecule has 0 spiro atoms. The van der Waals surface area contributed by atoms with E-state index in [0.717, 1.165) is 6.42 Å². The van der Waals surface area contributed by atoms with Crippen molar-refractivity contribution in [3.05, 3.63) is 18.7 Å². The van der Waals surface area contributed by atoms with Crippen molar-refractivity contribution < 1.29 is 4.79 Å². The van der Waals surface area contributed by atoms with Gasteiger partial charge < -0.3 is 5.32 Å². The van der Waals surface area contributed by atoms with Gasteiger partial charge in [-0.05, 0) is 6.42 Å². The molecule has 1 heterocycles. The van der Waals surface area contributed by atoms with Gasteiger partial charge >= 0.3 is 6.03 Å². The lowest BCUT2D eigenvalue weighted by molar-refractivity contribution is 0.238. The molecular weight excluding hydrogens is 178 g/mol. The molecule has 0 bridgehead atoms. The summed E-state index contributed by atoms with van der Waals surface area (Å²) >= 11 is 0. The molecule has 0 aliphatic rings. The molecule has 0 aromatic carbocycles. The van der Waals surface area contributed by atoms with E-state index < -0.39 is 0 Å². The molecule has 1 aromatic rings. The monoisotopic (exact) mass is 191 g/mol. The Morgan fingerprint density at radius 2 is 2.57 bits per heavy atom. The number of nitrogens with one attached hydrogen (secondary N) is 1. The lowest BCUT2D eigenvalue weighted by atomic mass is 10.2.